The topological polar surface area (TPSA) is 51.0 Å². The van der Waals surface area contributed by atoms with Gasteiger partial charge in [0, 0.05) is 5.56 Å². The molecule has 0 aliphatic rings. The van der Waals surface area contributed by atoms with Crippen molar-refractivity contribution in [3.8, 4) is 11.5 Å². The van der Waals surface area contributed by atoms with Gasteiger partial charge in [-0.2, -0.15) is 0 Å². The molecule has 26 heavy (non-hydrogen) atoms. The van der Waals surface area contributed by atoms with Gasteiger partial charge in [-0.05, 0) is 23.3 Å². The molecule has 0 radical (unpaired) electrons. The molecule has 0 aliphatic carbocycles. The van der Waals surface area contributed by atoms with Crippen LogP contribution in [-0.2, 0) is 0 Å². The number of hydrogen-bond donors (Lipinski definition) is 1. The van der Waals surface area contributed by atoms with E-state index in [0.717, 1.165) is 16.7 Å². The number of benzene rings is 3. The number of hydrogen-bond acceptors (Lipinski definition) is 4. The molecule has 1 N–H and O–H groups in total. The van der Waals surface area contributed by atoms with Crippen LogP contribution >= 0.6 is 0 Å². The van der Waals surface area contributed by atoms with Gasteiger partial charge >= 0.3 is 0 Å². The Morgan fingerprint density at radius 1 is 0.769 bits per heavy atom. The van der Waals surface area contributed by atoms with E-state index in [0.29, 0.717) is 17.2 Å². The minimum atomic E-state index is -0.247. The van der Waals surface area contributed by atoms with Crippen molar-refractivity contribution < 1.29 is 14.7 Å². The van der Waals surface area contributed by atoms with Gasteiger partial charge in [0.25, 0.3) is 0 Å². The number of rotatable bonds is 6. The summed E-state index contributed by atoms with van der Waals surface area (Å²) >= 11 is 0. The highest BCUT2D eigenvalue weighted by molar-refractivity contribution is 6.06. The summed E-state index contributed by atoms with van der Waals surface area (Å²) in [6, 6.07) is 25.4. The van der Waals surface area contributed by atoms with Crippen molar-refractivity contribution in [1.29, 1.82) is 0 Å². The van der Waals surface area contributed by atoms with E-state index in [1.807, 2.05) is 78.9 Å². The van der Waals surface area contributed by atoms with Crippen LogP contribution in [0.15, 0.2) is 84.0 Å². The van der Waals surface area contributed by atoms with E-state index in [9.17, 15) is 5.21 Å². The molecule has 3 rings (SSSR count). The highest BCUT2D eigenvalue weighted by atomic mass is 16.5. The summed E-state index contributed by atoms with van der Waals surface area (Å²) in [6.45, 7) is 0. The minimum absolute atomic E-state index is 0.247. The summed E-state index contributed by atoms with van der Waals surface area (Å²) < 4.78 is 10.8. The molecular formula is C22H21NO3. The third-order valence-corrected chi connectivity index (χ3v) is 4.32. The molecule has 0 spiro atoms. The lowest BCUT2D eigenvalue weighted by Crippen LogP contribution is -2.16. The molecule has 4 nitrogen and oxygen atoms in total. The first-order valence-corrected chi connectivity index (χ1v) is 8.32. The summed E-state index contributed by atoms with van der Waals surface area (Å²) in [6.07, 6.45) is 0. The summed E-state index contributed by atoms with van der Waals surface area (Å²) in [4.78, 5) is 0. The van der Waals surface area contributed by atoms with Crippen LogP contribution in [0.5, 0.6) is 11.5 Å². The van der Waals surface area contributed by atoms with E-state index >= 15 is 0 Å². The molecule has 3 aromatic rings. The van der Waals surface area contributed by atoms with Gasteiger partial charge in [-0.3, -0.25) is 0 Å². The molecule has 0 heterocycles. The Balaban J connectivity index is 2.16. The average Bonchev–Trinajstić information content (AvgIpc) is 2.72. The van der Waals surface area contributed by atoms with Crippen molar-refractivity contribution in [2.75, 3.05) is 14.2 Å². The maximum absolute atomic E-state index is 9.83. The Kier molecular flexibility index (Phi) is 5.54. The third kappa shape index (κ3) is 3.54. The van der Waals surface area contributed by atoms with Crippen LogP contribution in [0.1, 0.15) is 22.6 Å². The number of oxime groups is 1. The molecule has 0 saturated carbocycles. The molecule has 132 valence electrons. The smallest absolute Gasteiger partial charge is 0.161 e. The zero-order chi connectivity index (χ0) is 18.4. The Morgan fingerprint density at radius 2 is 1.38 bits per heavy atom. The van der Waals surface area contributed by atoms with E-state index in [2.05, 4.69) is 5.16 Å². The Bertz CT molecular complexity index is 876. The van der Waals surface area contributed by atoms with Gasteiger partial charge in [0.1, 0.15) is 0 Å². The number of nitrogens with zero attached hydrogens (tertiary/aromatic N) is 1. The zero-order valence-corrected chi connectivity index (χ0v) is 14.8. The van der Waals surface area contributed by atoms with Gasteiger partial charge in [-0.25, -0.2) is 0 Å². The lowest BCUT2D eigenvalue weighted by Gasteiger charge is -2.21. The fourth-order valence-corrected chi connectivity index (χ4v) is 3.08. The standard InChI is InChI=1S/C22H21NO3/c1-25-19-14-13-18(15-20(19)26-2)21(16-9-5-3-6-10-16)22(23-24)17-11-7-4-8-12-17/h3-15,21,24H,1-2H3/b23-22-. The molecule has 0 saturated heterocycles. The summed E-state index contributed by atoms with van der Waals surface area (Å²) in [5.74, 6) is 1.05. The second kappa shape index (κ2) is 8.21. The van der Waals surface area contributed by atoms with Crippen LogP contribution in [0.4, 0.5) is 0 Å². The van der Waals surface area contributed by atoms with Crippen molar-refractivity contribution in [3.63, 3.8) is 0 Å². The van der Waals surface area contributed by atoms with Crippen LogP contribution in [0, 0.1) is 0 Å². The van der Waals surface area contributed by atoms with Gasteiger partial charge in [0.2, 0.25) is 0 Å². The maximum atomic E-state index is 9.83. The van der Waals surface area contributed by atoms with Crippen LogP contribution in [0.2, 0.25) is 0 Å². The largest absolute Gasteiger partial charge is 0.493 e. The minimum Gasteiger partial charge on any atom is -0.493 e. The van der Waals surface area contributed by atoms with Crippen molar-refractivity contribution in [3.05, 3.63) is 95.6 Å². The van der Waals surface area contributed by atoms with Crippen molar-refractivity contribution >= 4 is 5.71 Å². The molecule has 3 aromatic carbocycles. The first-order valence-electron chi connectivity index (χ1n) is 8.32. The average molecular weight is 347 g/mol. The van der Waals surface area contributed by atoms with Crippen LogP contribution in [0.25, 0.3) is 0 Å². The molecule has 1 atom stereocenters. The van der Waals surface area contributed by atoms with E-state index in [1.54, 1.807) is 14.2 Å². The SMILES string of the molecule is COc1ccc(C(/C(=N\O)c2ccccc2)c2ccccc2)cc1OC. The maximum Gasteiger partial charge on any atom is 0.161 e. The summed E-state index contributed by atoms with van der Waals surface area (Å²) in [5.41, 5.74) is 3.41. The number of ether oxygens (including phenoxy) is 2. The van der Waals surface area contributed by atoms with Crippen molar-refractivity contribution in [2.24, 2.45) is 5.16 Å². The third-order valence-electron chi connectivity index (χ3n) is 4.32. The van der Waals surface area contributed by atoms with Gasteiger partial charge < -0.3 is 14.7 Å². The normalized spacial score (nSPS) is 12.5. The Morgan fingerprint density at radius 3 is 1.96 bits per heavy atom. The molecule has 4 heteroatoms. The van der Waals surface area contributed by atoms with Crippen molar-refractivity contribution in [1.82, 2.24) is 0 Å². The van der Waals surface area contributed by atoms with Crippen LogP contribution < -0.4 is 9.47 Å². The number of methoxy groups -OCH3 is 2. The second-order valence-electron chi connectivity index (χ2n) is 5.81. The van der Waals surface area contributed by atoms with Gasteiger partial charge in [-0.1, -0.05) is 71.9 Å². The molecule has 0 bridgehead atoms. The van der Waals surface area contributed by atoms with E-state index in [1.165, 1.54) is 0 Å². The summed E-state index contributed by atoms with van der Waals surface area (Å²) in [7, 11) is 3.22. The Hall–Kier alpha value is -3.27. The van der Waals surface area contributed by atoms with Crippen LogP contribution in [0.3, 0.4) is 0 Å². The highest BCUT2D eigenvalue weighted by Gasteiger charge is 2.24. The first-order chi connectivity index (χ1) is 12.8. The van der Waals surface area contributed by atoms with E-state index in [-0.39, 0.29) is 5.92 Å². The molecule has 0 aromatic heterocycles. The lowest BCUT2D eigenvalue weighted by molar-refractivity contribution is 0.317. The quantitative estimate of drug-likeness (QED) is 0.399. The monoisotopic (exact) mass is 347 g/mol. The van der Waals surface area contributed by atoms with Gasteiger partial charge in [-0.15, -0.1) is 0 Å². The highest BCUT2D eigenvalue weighted by Crippen LogP contribution is 2.35. The fourth-order valence-electron chi connectivity index (χ4n) is 3.08. The Labute approximate surface area is 153 Å². The molecule has 0 aliphatic heterocycles. The van der Waals surface area contributed by atoms with Crippen LogP contribution in [-0.4, -0.2) is 25.1 Å². The lowest BCUT2D eigenvalue weighted by atomic mass is 9.84. The first kappa shape index (κ1) is 17.5. The van der Waals surface area contributed by atoms with Gasteiger partial charge in [0.15, 0.2) is 11.5 Å². The summed E-state index contributed by atoms with van der Waals surface area (Å²) in [5, 5.41) is 13.5. The van der Waals surface area contributed by atoms with Gasteiger partial charge in [0.05, 0.1) is 25.8 Å². The second-order valence-corrected chi connectivity index (χ2v) is 5.81. The predicted molar refractivity (Wildman–Crippen MR) is 103 cm³/mol. The molecule has 0 fully saturated rings. The van der Waals surface area contributed by atoms with Crippen molar-refractivity contribution in [2.45, 2.75) is 5.92 Å². The predicted octanol–water partition coefficient (Wildman–Crippen LogP) is 4.71. The molecule has 0 amide bonds. The molecular weight excluding hydrogens is 326 g/mol. The van der Waals surface area contributed by atoms with E-state index < -0.39 is 0 Å². The van der Waals surface area contributed by atoms with E-state index in [4.69, 9.17) is 9.47 Å². The molecule has 1 unspecified atom stereocenters. The zero-order valence-electron chi connectivity index (χ0n) is 14.8. The fraction of sp³-hybridized carbons (Fsp3) is 0.136.